The Labute approximate surface area is 189 Å². The summed E-state index contributed by atoms with van der Waals surface area (Å²) >= 11 is 6.76. The average Bonchev–Trinajstić information content (AvgIpc) is 3.36. The molecule has 3 heterocycles. The average molecular weight is 441 g/mol. The van der Waals surface area contributed by atoms with Gasteiger partial charge in [0.2, 0.25) is 0 Å². The van der Waals surface area contributed by atoms with Crippen molar-refractivity contribution in [2.45, 2.75) is 0 Å². The molecule has 0 spiro atoms. The summed E-state index contributed by atoms with van der Waals surface area (Å²) in [6.07, 6.45) is 7.11. The van der Waals surface area contributed by atoms with E-state index in [4.69, 9.17) is 17.3 Å². The van der Waals surface area contributed by atoms with E-state index in [0.29, 0.717) is 14.9 Å². The molecule has 1 aliphatic rings. The number of aromatic nitrogens is 3. The third kappa shape index (κ3) is 3.81. The molecule has 4 aromatic rings. The Morgan fingerprint density at radius 1 is 0.903 bits per heavy atom. The lowest BCUT2D eigenvalue weighted by atomic mass is 10.1. The van der Waals surface area contributed by atoms with Crippen molar-refractivity contribution in [2.24, 2.45) is 0 Å². The zero-order valence-electron chi connectivity index (χ0n) is 16.3. The normalized spacial score (nSPS) is 15.1. The van der Waals surface area contributed by atoms with E-state index in [0.717, 1.165) is 22.5 Å². The highest BCUT2D eigenvalue weighted by molar-refractivity contribution is 8.27. The number of carbonyl (C=O) groups excluding carboxylic acids is 1. The number of rotatable bonds is 4. The first-order chi connectivity index (χ1) is 15.2. The number of hydrogen-bond donors (Lipinski definition) is 0. The van der Waals surface area contributed by atoms with E-state index >= 15 is 0 Å². The van der Waals surface area contributed by atoms with Gasteiger partial charge in [-0.15, -0.1) is 0 Å². The molecule has 150 valence electrons. The second-order valence-electron chi connectivity index (χ2n) is 6.81. The molecule has 1 aliphatic heterocycles. The van der Waals surface area contributed by atoms with Gasteiger partial charge in [0.1, 0.15) is 0 Å². The van der Waals surface area contributed by atoms with E-state index in [-0.39, 0.29) is 5.91 Å². The maximum Gasteiger partial charge on any atom is 0.270 e. The molecule has 7 heteroatoms. The minimum Gasteiger partial charge on any atom is -0.268 e. The smallest absolute Gasteiger partial charge is 0.268 e. The Bertz CT molecular complexity index is 1290. The summed E-state index contributed by atoms with van der Waals surface area (Å²) in [6, 6.07) is 23.4. The minimum absolute atomic E-state index is 0.158. The van der Waals surface area contributed by atoms with Crippen molar-refractivity contribution < 1.29 is 4.79 Å². The van der Waals surface area contributed by atoms with Crippen molar-refractivity contribution in [3.05, 3.63) is 102 Å². The van der Waals surface area contributed by atoms with Crippen LogP contribution in [0.5, 0.6) is 0 Å². The van der Waals surface area contributed by atoms with Gasteiger partial charge in [0, 0.05) is 23.5 Å². The molecule has 0 N–H and O–H groups in total. The Morgan fingerprint density at radius 3 is 2.32 bits per heavy atom. The largest absolute Gasteiger partial charge is 0.270 e. The molecule has 2 aromatic heterocycles. The first-order valence-corrected chi connectivity index (χ1v) is 10.8. The van der Waals surface area contributed by atoms with Gasteiger partial charge in [-0.1, -0.05) is 72.5 Å². The molecule has 1 saturated heterocycles. The molecular weight excluding hydrogens is 424 g/mol. The number of para-hydroxylation sites is 1. The molecule has 0 saturated carbocycles. The van der Waals surface area contributed by atoms with E-state index in [1.807, 2.05) is 83.7 Å². The number of amides is 1. The fraction of sp³-hybridized carbons (Fsp3) is 0. The van der Waals surface area contributed by atoms with Crippen molar-refractivity contribution in [3.63, 3.8) is 0 Å². The maximum atomic E-state index is 13.1. The van der Waals surface area contributed by atoms with Crippen LogP contribution in [0.25, 0.3) is 23.0 Å². The molecule has 1 amide bonds. The predicted octanol–water partition coefficient (Wildman–Crippen LogP) is 5.34. The summed E-state index contributed by atoms with van der Waals surface area (Å²) in [7, 11) is 0. The molecule has 1 fully saturated rings. The molecule has 0 atom stereocenters. The Morgan fingerprint density at radius 2 is 1.61 bits per heavy atom. The number of hydrogen-bond acceptors (Lipinski definition) is 5. The molecule has 0 bridgehead atoms. The highest BCUT2D eigenvalue weighted by Gasteiger charge is 2.33. The summed E-state index contributed by atoms with van der Waals surface area (Å²) in [5, 5.41) is 4.81. The van der Waals surface area contributed by atoms with Gasteiger partial charge < -0.3 is 0 Å². The summed E-state index contributed by atoms with van der Waals surface area (Å²) in [5.41, 5.74) is 4.24. The number of carbonyl (C=O) groups is 1. The Hall–Kier alpha value is -3.55. The van der Waals surface area contributed by atoms with Crippen LogP contribution in [0.1, 0.15) is 5.56 Å². The van der Waals surface area contributed by atoms with Crippen LogP contribution in [0, 0.1) is 0 Å². The van der Waals surface area contributed by atoms with Gasteiger partial charge in [0.15, 0.2) is 4.32 Å². The number of nitrogens with zero attached hydrogens (tertiary/aromatic N) is 4. The molecule has 0 unspecified atom stereocenters. The van der Waals surface area contributed by atoms with Gasteiger partial charge in [-0.3, -0.25) is 14.7 Å². The van der Waals surface area contributed by atoms with Gasteiger partial charge in [-0.2, -0.15) is 5.10 Å². The lowest BCUT2D eigenvalue weighted by Crippen LogP contribution is -2.27. The molecule has 5 nitrogen and oxygen atoms in total. The second kappa shape index (κ2) is 8.29. The number of anilines is 1. The molecule has 0 radical (unpaired) electrons. The second-order valence-corrected chi connectivity index (χ2v) is 8.48. The molecular formula is C24H16N4OS2. The van der Waals surface area contributed by atoms with E-state index in [1.165, 1.54) is 16.7 Å². The number of benzene rings is 2. The lowest BCUT2D eigenvalue weighted by molar-refractivity contribution is -0.113. The van der Waals surface area contributed by atoms with Crippen LogP contribution < -0.4 is 4.90 Å². The fourth-order valence-corrected chi connectivity index (χ4v) is 4.63. The summed E-state index contributed by atoms with van der Waals surface area (Å²) in [6.45, 7) is 0. The molecule has 31 heavy (non-hydrogen) atoms. The minimum atomic E-state index is -0.158. The van der Waals surface area contributed by atoms with Crippen LogP contribution in [0.15, 0.2) is 96.3 Å². The van der Waals surface area contributed by atoms with Gasteiger partial charge in [-0.25, -0.2) is 4.68 Å². The van der Waals surface area contributed by atoms with Crippen molar-refractivity contribution in [1.82, 2.24) is 14.8 Å². The highest BCUT2D eigenvalue weighted by atomic mass is 32.2. The highest BCUT2D eigenvalue weighted by Crippen LogP contribution is 2.37. The van der Waals surface area contributed by atoms with Crippen molar-refractivity contribution in [1.29, 1.82) is 0 Å². The van der Waals surface area contributed by atoms with Crippen molar-refractivity contribution >= 4 is 46.0 Å². The molecule has 5 rings (SSSR count). The van der Waals surface area contributed by atoms with Crippen LogP contribution in [-0.2, 0) is 4.79 Å². The van der Waals surface area contributed by atoms with Crippen LogP contribution in [0.3, 0.4) is 0 Å². The van der Waals surface area contributed by atoms with Gasteiger partial charge in [0.25, 0.3) is 5.91 Å². The first kappa shape index (κ1) is 19.4. The standard InChI is InChI=1S/C24H16N4OS2/c29-23-21(31-24(30)28(23)20-12-7-13-25-15-20)14-18-16-27(19-10-5-2-6-11-19)26-22(18)17-8-3-1-4-9-17/h1-16H/b21-14-. The third-order valence-electron chi connectivity index (χ3n) is 4.79. The first-order valence-electron chi connectivity index (χ1n) is 9.59. The quantitative estimate of drug-likeness (QED) is 0.317. The molecule has 2 aromatic carbocycles. The van der Waals surface area contributed by atoms with Crippen molar-refractivity contribution in [2.75, 3.05) is 4.90 Å². The number of thiocarbonyl (C=S) groups is 1. The number of thioether (sulfide) groups is 1. The predicted molar refractivity (Wildman–Crippen MR) is 129 cm³/mol. The summed E-state index contributed by atoms with van der Waals surface area (Å²) in [4.78, 5) is 19.3. The number of pyridine rings is 1. The monoisotopic (exact) mass is 440 g/mol. The summed E-state index contributed by atoms with van der Waals surface area (Å²) in [5.74, 6) is -0.158. The lowest BCUT2D eigenvalue weighted by Gasteiger charge is -2.13. The molecule has 0 aliphatic carbocycles. The zero-order valence-corrected chi connectivity index (χ0v) is 17.9. The summed E-state index contributed by atoms with van der Waals surface area (Å²) < 4.78 is 2.32. The topological polar surface area (TPSA) is 51.0 Å². The van der Waals surface area contributed by atoms with Gasteiger partial charge in [-0.05, 0) is 30.3 Å². The van der Waals surface area contributed by atoms with E-state index in [2.05, 4.69) is 4.98 Å². The van der Waals surface area contributed by atoms with Gasteiger partial charge in [0.05, 0.1) is 28.2 Å². The Kier molecular flexibility index (Phi) is 5.19. The van der Waals surface area contributed by atoms with Crippen LogP contribution >= 0.6 is 24.0 Å². The fourth-order valence-electron chi connectivity index (χ4n) is 3.34. The van der Waals surface area contributed by atoms with Crippen LogP contribution in [0.4, 0.5) is 5.69 Å². The zero-order chi connectivity index (χ0) is 21.2. The van der Waals surface area contributed by atoms with E-state index in [1.54, 1.807) is 18.5 Å². The SMILES string of the molecule is O=C1/C(=C/c2cn(-c3ccccc3)nc2-c2ccccc2)SC(=S)N1c1cccnc1. The van der Waals surface area contributed by atoms with E-state index < -0.39 is 0 Å². The van der Waals surface area contributed by atoms with Gasteiger partial charge >= 0.3 is 0 Å². The van der Waals surface area contributed by atoms with Crippen LogP contribution in [-0.4, -0.2) is 25.0 Å². The van der Waals surface area contributed by atoms with Crippen molar-refractivity contribution in [3.8, 4) is 16.9 Å². The maximum absolute atomic E-state index is 13.1. The van der Waals surface area contributed by atoms with Crippen LogP contribution in [0.2, 0.25) is 0 Å². The van der Waals surface area contributed by atoms with E-state index in [9.17, 15) is 4.79 Å². The Balaban J connectivity index is 1.58. The third-order valence-corrected chi connectivity index (χ3v) is 6.10.